The first kappa shape index (κ1) is 13.6. The van der Waals surface area contributed by atoms with Gasteiger partial charge in [0.2, 0.25) is 0 Å². The van der Waals surface area contributed by atoms with E-state index in [4.69, 9.17) is 0 Å². The molecule has 1 atom stereocenters. The molecule has 0 unspecified atom stereocenters. The highest BCUT2D eigenvalue weighted by Crippen LogP contribution is 2.33. The van der Waals surface area contributed by atoms with Gasteiger partial charge in [0.05, 0.1) is 0 Å². The third kappa shape index (κ3) is 3.13. The molecule has 3 nitrogen and oxygen atoms in total. The van der Waals surface area contributed by atoms with Gasteiger partial charge in [-0.2, -0.15) is 0 Å². The quantitative estimate of drug-likeness (QED) is 0.839. The largest absolute Gasteiger partial charge is 0.508 e. The summed E-state index contributed by atoms with van der Waals surface area (Å²) in [5, 5.41) is 13.0. The molecular formula is C14H19BrN2O. The number of benzene rings is 1. The molecular weight excluding hydrogens is 292 g/mol. The number of phenolic OH excluding ortho intramolecular Hbond substituents is 1. The van der Waals surface area contributed by atoms with Crippen LogP contribution in [0, 0.1) is 0 Å². The summed E-state index contributed by atoms with van der Waals surface area (Å²) in [6, 6.07) is 5.74. The van der Waals surface area contributed by atoms with Crippen LogP contribution >= 0.6 is 15.9 Å². The molecule has 0 amide bonds. The second-order valence-corrected chi connectivity index (χ2v) is 5.39. The fraction of sp³-hybridized carbons (Fsp3) is 0.429. The molecule has 2 N–H and O–H groups in total. The molecule has 0 bridgehead atoms. The first-order valence-corrected chi connectivity index (χ1v) is 7.05. The highest BCUT2D eigenvalue weighted by molar-refractivity contribution is 9.10. The van der Waals surface area contributed by atoms with Gasteiger partial charge in [-0.1, -0.05) is 22.0 Å². The zero-order chi connectivity index (χ0) is 13.0. The standard InChI is InChI=1S/C14H19BrN2O/c1-2-3-14(17-8-6-16-7-9-17)12-10-11(18)4-5-13(12)15/h2,4-5,10,14,16,18H,1,3,6-9H2/t14-/m0/s1. The Morgan fingerprint density at radius 2 is 2.17 bits per heavy atom. The number of nitrogens with one attached hydrogen (secondary N) is 1. The van der Waals surface area contributed by atoms with E-state index in [1.165, 1.54) is 0 Å². The Kier molecular flexibility index (Phi) is 4.80. The van der Waals surface area contributed by atoms with Crippen LogP contribution in [-0.4, -0.2) is 36.2 Å². The third-order valence-corrected chi connectivity index (χ3v) is 4.04. The van der Waals surface area contributed by atoms with E-state index in [1.54, 1.807) is 6.07 Å². The molecule has 98 valence electrons. The second-order valence-electron chi connectivity index (χ2n) is 4.53. The maximum absolute atomic E-state index is 9.68. The number of hydrogen-bond acceptors (Lipinski definition) is 3. The molecule has 18 heavy (non-hydrogen) atoms. The van der Waals surface area contributed by atoms with Gasteiger partial charge >= 0.3 is 0 Å². The van der Waals surface area contributed by atoms with Crippen molar-refractivity contribution >= 4 is 15.9 Å². The number of rotatable bonds is 4. The molecule has 1 aliphatic heterocycles. The highest BCUT2D eigenvalue weighted by Gasteiger charge is 2.23. The van der Waals surface area contributed by atoms with Gasteiger partial charge in [0.1, 0.15) is 5.75 Å². The number of aromatic hydroxyl groups is 1. The summed E-state index contributed by atoms with van der Waals surface area (Å²) in [4.78, 5) is 2.44. The molecule has 0 saturated carbocycles. The topological polar surface area (TPSA) is 35.5 Å². The summed E-state index contributed by atoms with van der Waals surface area (Å²) in [6.07, 6.45) is 2.84. The number of nitrogens with zero attached hydrogens (tertiary/aromatic N) is 1. The number of phenols is 1. The summed E-state index contributed by atoms with van der Waals surface area (Å²) in [5.41, 5.74) is 1.14. The Balaban J connectivity index is 2.27. The van der Waals surface area contributed by atoms with Crippen LogP contribution in [-0.2, 0) is 0 Å². The monoisotopic (exact) mass is 310 g/mol. The SMILES string of the molecule is C=CC[C@@H](c1cc(O)ccc1Br)N1CCNCC1. The molecule has 1 heterocycles. The molecule has 0 spiro atoms. The van der Waals surface area contributed by atoms with Crippen molar-refractivity contribution < 1.29 is 5.11 Å². The summed E-state index contributed by atoms with van der Waals surface area (Å²) < 4.78 is 1.05. The van der Waals surface area contributed by atoms with Gasteiger partial charge in [-0.05, 0) is 30.2 Å². The van der Waals surface area contributed by atoms with Crippen LogP contribution in [0.5, 0.6) is 5.75 Å². The molecule has 0 radical (unpaired) electrons. The number of hydrogen-bond donors (Lipinski definition) is 2. The van der Waals surface area contributed by atoms with Crippen LogP contribution in [0.2, 0.25) is 0 Å². The van der Waals surface area contributed by atoms with Crippen molar-refractivity contribution in [2.24, 2.45) is 0 Å². The lowest BCUT2D eigenvalue weighted by atomic mass is 10.0. The zero-order valence-corrected chi connectivity index (χ0v) is 12.0. The van der Waals surface area contributed by atoms with Crippen molar-refractivity contribution in [2.75, 3.05) is 26.2 Å². The molecule has 1 saturated heterocycles. The fourth-order valence-corrected chi connectivity index (χ4v) is 2.92. The molecule has 4 heteroatoms. The number of piperazine rings is 1. The van der Waals surface area contributed by atoms with Crippen molar-refractivity contribution in [3.05, 3.63) is 40.9 Å². The van der Waals surface area contributed by atoms with Gasteiger partial charge in [-0.25, -0.2) is 0 Å². The minimum absolute atomic E-state index is 0.283. The van der Waals surface area contributed by atoms with Crippen LogP contribution in [0.4, 0.5) is 0 Å². The predicted molar refractivity (Wildman–Crippen MR) is 77.8 cm³/mol. The summed E-state index contributed by atoms with van der Waals surface area (Å²) >= 11 is 3.58. The van der Waals surface area contributed by atoms with Crippen molar-refractivity contribution in [1.82, 2.24) is 10.2 Å². The van der Waals surface area contributed by atoms with Crippen LogP contribution in [0.3, 0.4) is 0 Å². The minimum Gasteiger partial charge on any atom is -0.508 e. The van der Waals surface area contributed by atoms with E-state index in [0.717, 1.165) is 42.6 Å². The van der Waals surface area contributed by atoms with Crippen molar-refractivity contribution in [3.8, 4) is 5.75 Å². The van der Waals surface area contributed by atoms with Crippen LogP contribution in [0.1, 0.15) is 18.0 Å². The molecule has 0 aliphatic carbocycles. The lowest BCUT2D eigenvalue weighted by Crippen LogP contribution is -2.45. The van der Waals surface area contributed by atoms with E-state index in [1.807, 2.05) is 18.2 Å². The van der Waals surface area contributed by atoms with Gasteiger partial charge < -0.3 is 10.4 Å². The van der Waals surface area contributed by atoms with E-state index in [0.29, 0.717) is 5.75 Å². The Morgan fingerprint density at radius 1 is 1.44 bits per heavy atom. The zero-order valence-electron chi connectivity index (χ0n) is 10.4. The molecule has 1 aromatic carbocycles. The van der Waals surface area contributed by atoms with E-state index < -0.39 is 0 Å². The average molecular weight is 311 g/mol. The molecule has 0 aromatic heterocycles. The minimum atomic E-state index is 0.283. The number of halogens is 1. The molecule has 1 fully saturated rings. The van der Waals surface area contributed by atoms with Crippen molar-refractivity contribution in [2.45, 2.75) is 12.5 Å². The smallest absolute Gasteiger partial charge is 0.115 e. The molecule has 1 aliphatic rings. The van der Waals surface area contributed by atoms with Crippen LogP contribution in [0.25, 0.3) is 0 Å². The highest BCUT2D eigenvalue weighted by atomic mass is 79.9. The molecule has 1 aromatic rings. The first-order chi connectivity index (χ1) is 8.72. The van der Waals surface area contributed by atoms with Crippen molar-refractivity contribution in [1.29, 1.82) is 0 Å². The second kappa shape index (κ2) is 6.36. The predicted octanol–water partition coefficient (Wildman–Crippen LogP) is 2.68. The molecule has 2 rings (SSSR count). The Hall–Kier alpha value is -0.840. The first-order valence-electron chi connectivity index (χ1n) is 6.26. The normalized spacial score (nSPS) is 18.5. The summed E-state index contributed by atoms with van der Waals surface area (Å²) in [7, 11) is 0. The van der Waals surface area contributed by atoms with Gasteiger partial charge in [-0.15, -0.1) is 6.58 Å². The lowest BCUT2D eigenvalue weighted by Gasteiger charge is -2.35. The van der Waals surface area contributed by atoms with Gasteiger partial charge in [0.15, 0.2) is 0 Å². The van der Waals surface area contributed by atoms with Crippen LogP contribution < -0.4 is 5.32 Å². The summed E-state index contributed by atoms with van der Waals surface area (Å²) in [6.45, 7) is 7.95. The Morgan fingerprint density at radius 3 is 2.83 bits per heavy atom. The van der Waals surface area contributed by atoms with Crippen molar-refractivity contribution in [3.63, 3.8) is 0 Å². The maximum Gasteiger partial charge on any atom is 0.115 e. The Labute approximate surface area is 117 Å². The van der Waals surface area contributed by atoms with E-state index in [-0.39, 0.29) is 6.04 Å². The van der Waals surface area contributed by atoms with Gasteiger partial charge in [0.25, 0.3) is 0 Å². The summed E-state index contributed by atoms with van der Waals surface area (Å²) in [5.74, 6) is 0.317. The lowest BCUT2D eigenvalue weighted by molar-refractivity contribution is 0.174. The maximum atomic E-state index is 9.68. The Bertz CT molecular complexity index is 416. The fourth-order valence-electron chi connectivity index (χ4n) is 2.41. The van der Waals surface area contributed by atoms with Crippen LogP contribution in [0.15, 0.2) is 35.3 Å². The van der Waals surface area contributed by atoms with E-state index in [9.17, 15) is 5.11 Å². The van der Waals surface area contributed by atoms with E-state index in [2.05, 4.69) is 32.7 Å². The van der Waals surface area contributed by atoms with Gasteiger partial charge in [0, 0.05) is 36.7 Å². The average Bonchev–Trinajstić information content (AvgIpc) is 2.40. The van der Waals surface area contributed by atoms with Gasteiger partial charge in [-0.3, -0.25) is 4.90 Å². The van der Waals surface area contributed by atoms with E-state index >= 15 is 0 Å². The third-order valence-electron chi connectivity index (χ3n) is 3.32.